The summed E-state index contributed by atoms with van der Waals surface area (Å²) in [6.07, 6.45) is -5.75. The van der Waals surface area contributed by atoms with Crippen molar-refractivity contribution in [2.45, 2.75) is 26.1 Å². The molecule has 0 aromatic heterocycles. The Bertz CT molecular complexity index is 474. The van der Waals surface area contributed by atoms with E-state index >= 15 is 0 Å². The maximum Gasteiger partial charge on any atom is 0.416 e. The normalized spacial score (nSPS) is 13.2. The van der Waals surface area contributed by atoms with Crippen molar-refractivity contribution in [1.82, 2.24) is 5.32 Å². The van der Waals surface area contributed by atoms with Crippen molar-refractivity contribution in [3.63, 3.8) is 0 Å². The van der Waals surface area contributed by atoms with E-state index in [-0.39, 0.29) is 10.0 Å². The summed E-state index contributed by atoms with van der Waals surface area (Å²) < 4.78 is 38.6. The molecule has 0 aliphatic heterocycles. The third-order valence-corrected chi connectivity index (χ3v) is 2.98. The molecule has 2 N–H and O–H groups in total. The standard InChI is InChI=1S/C11H11BrF3NO2/c1-5-8(6(2)16-10(17)18)3-7(12)4-9(5)11(13,14)15/h3-4,6,16H,1-2H3,(H,17,18)/t6-/m1/s1. The number of amides is 1. The topological polar surface area (TPSA) is 49.3 Å². The Hall–Kier alpha value is -1.24. The van der Waals surface area contributed by atoms with Gasteiger partial charge in [0.15, 0.2) is 0 Å². The van der Waals surface area contributed by atoms with Crippen LogP contribution in [0, 0.1) is 6.92 Å². The van der Waals surface area contributed by atoms with Crippen molar-refractivity contribution >= 4 is 22.0 Å². The van der Waals surface area contributed by atoms with E-state index in [0.29, 0.717) is 5.56 Å². The molecule has 0 radical (unpaired) electrons. The Balaban J connectivity index is 3.29. The summed E-state index contributed by atoms with van der Waals surface area (Å²) in [7, 11) is 0. The monoisotopic (exact) mass is 325 g/mol. The minimum Gasteiger partial charge on any atom is -0.465 e. The minimum absolute atomic E-state index is 0.0203. The van der Waals surface area contributed by atoms with Crippen molar-refractivity contribution in [3.8, 4) is 0 Å². The second-order valence-electron chi connectivity index (χ2n) is 3.84. The maximum absolute atomic E-state index is 12.8. The van der Waals surface area contributed by atoms with Gasteiger partial charge in [-0.15, -0.1) is 0 Å². The molecule has 0 aliphatic carbocycles. The number of alkyl halides is 3. The fraction of sp³-hybridized carbons (Fsp3) is 0.364. The van der Waals surface area contributed by atoms with E-state index in [1.54, 1.807) is 0 Å². The molecule has 1 amide bonds. The highest BCUT2D eigenvalue weighted by Crippen LogP contribution is 2.36. The molecule has 1 rings (SSSR count). The number of hydrogen-bond acceptors (Lipinski definition) is 1. The number of carboxylic acid groups (broad SMARTS) is 1. The van der Waals surface area contributed by atoms with Crippen LogP contribution in [-0.4, -0.2) is 11.2 Å². The first-order chi connectivity index (χ1) is 8.12. The molecule has 0 bridgehead atoms. The minimum atomic E-state index is -4.47. The summed E-state index contributed by atoms with van der Waals surface area (Å²) in [4.78, 5) is 10.5. The molecule has 0 saturated heterocycles. The summed E-state index contributed by atoms with van der Waals surface area (Å²) in [6.45, 7) is 2.81. The van der Waals surface area contributed by atoms with E-state index in [2.05, 4.69) is 21.2 Å². The zero-order chi connectivity index (χ0) is 14.1. The summed E-state index contributed by atoms with van der Waals surface area (Å²) in [6, 6.07) is 1.73. The SMILES string of the molecule is Cc1c([C@@H](C)NC(=O)O)cc(Br)cc1C(F)(F)F. The highest BCUT2D eigenvalue weighted by atomic mass is 79.9. The van der Waals surface area contributed by atoms with Crippen molar-refractivity contribution < 1.29 is 23.1 Å². The largest absolute Gasteiger partial charge is 0.465 e. The zero-order valence-corrected chi connectivity index (χ0v) is 11.2. The zero-order valence-electron chi connectivity index (χ0n) is 9.60. The molecular weight excluding hydrogens is 315 g/mol. The van der Waals surface area contributed by atoms with Gasteiger partial charge in [-0.2, -0.15) is 13.2 Å². The van der Waals surface area contributed by atoms with Crippen LogP contribution in [0.5, 0.6) is 0 Å². The van der Waals surface area contributed by atoms with E-state index in [0.717, 1.165) is 6.07 Å². The van der Waals surface area contributed by atoms with E-state index in [1.807, 2.05) is 0 Å². The smallest absolute Gasteiger partial charge is 0.416 e. The van der Waals surface area contributed by atoms with Gasteiger partial charge in [0.05, 0.1) is 11.6 Å². The van der Waals surface area contributed by atoms with E-state index < -0.39 is 23.9 Å². The van der Waals surface area contributed by atoms with Crippen LogP contribution >= 0.6 is 15.9 Å². The Morgan fingerprint density at radius 1 is 1.44 bits per heavy atom. The average Bonchev–Trinajstić information content (AvgIpc) is 2.18. The highest BCUT2D eigenvalue weighted by Gasteiger charge is 2.34. The van der Waals surface area contributed by atoms with Crippen molar-refractivity contribution in [3.05, 3.63) is 33.3 Å². The lowest BCUT2D eigenvalue weighted by Crippen LogP contribution is -2.25. The van der Waals surface area contributed by atoms with Crippen LogP contribution in [0.15, 0.2) is 16.6 Å². The van der Waals surface area contributed by atoms with Crippen molar-refractivity contribution in [2.24, 2.45) is 0 Å². The summed E-state index contributed by atoms with van der Waals surface area (Å²) >= 11 is 3.00. The molecule has 0 heterocycles. The van der Waals surface area contributed by atoms with Crippen molar-refractivity contribution in [1.29, 1.82) is 0 Å². The molecule has 7 heteroatoms. The van der Waals surface area contributed by atoms with Crippen LogP contribution in [0.25, 0.3) is 0 Å². The van der Waals surface area contributed by atoms with Gasteiger partial charge in [-0.3, -0.25) is 0 Å². The predicted octanol–water partition coefficient (Wildman–Crippen LogP) is 4.10. The van der Waals surface area contributed by atoms with Crippen LogP contribution in [0.1, 0.15) is 29.7 Å². The van der Waals surface area contributed by atoms with Gasteiger partial charge in [-0.05, 0) is 37.1 Å². The summed E-state index contributed by atoms with van der Waals surface area (Å²) in [5.41, 5.74) is -0.461. The Morgan fingerprint density at radius 2 is 2.00 bits per heavy atom. The van der Waals surface area contributed by atoms with E-state index in [1.165, 1.54) is 19.9 Å². The molecule has 1 aromatic rings. The quantitative estimate of drug-likeness (QED) is 0.859. The van der Waals surface area contributed by atoms with Crippen LogP contribution in [0.3, 0.4) is 0 Å². The van der Waals surface area contributed by atoms with Gasteiger partial charge in [0, 0.05) is 4.47 Å². The van der Waals surface area contributed by atoms with Crippen molar-refractivity contribution in [2.75, 3.05) is 0 Å². The molecular formula is C11H11BrF3NO2. The fourth-order valence-corrected chi connectivity index (χ4v) is 2.18. The predicted molar refractivity (Wildman–Crippen MR) is 63.5 cm³/mol. The lowest BCUT2D eigenvalue weighted by Gasteiger charge is -2.19. The van der Waals surface area contributed by atoms with Gasteiger partial charge in [-0.25, -0.2) is 4.79 Å². The van der Waals surface area contributed by atoms with Crippen LogP contribution in [0.2, 0.25) is 0 Å². The molecule has 0 aliphatic rings. The first-order valence-corrected chi connectivity index (χ1v) is 5.79. The molecule has 18 heavy (non-hydrogen) atoms. The number of hydrogen-bond donors (Lipinski definition) is 2. The number of rotatable bonds is 2. The van der Waals surface area contributed by atoms with E-state index in [9.17, 15) is 18.0 Å². The molecule has 3 nitrogen and oxygen atoms in total. The number of carbonyl (C=O) groups is 1. The number of nitrogens with one attached hydrogen (secondary N) is 1. The Kier molecular flexibility index (Phi) is 4.26. The first-order valence-electron chi connectivity index (χ1n) is 4.99. The Labute approximate surface area is 110 Å². The van der Waals surface area contributed by atoms with Gasteiger partial charge in [0.1, 0.15) is 0 Å². The lowest BCUT2D eigenvalue weighted by atomic mass is 9.97. The second-order valence-corrected chi connectivity index (χ2v) is 4.75. The molecule has 0 unspecified atom stereocenters. The molecule has 100 valence electrons. The van der Waals surface area contributed by atoms with Gasteiger partial charge < -0.3 is 10.4 Å². The number of benzene rings is 1. The molecule has 0 fully saturated rings. The third-order valence-electron chi connectivity index (χ3n) is 2.52. The fourth-order valence-electron chi connectivity index (χ4n) is 1.71. The summed E-state index contributed by atoms with van der Waals surface area (Å²) in [5.74, 6) is 0. The molecule has 0 spiro atoms. The van der Waals surface area contributed by atoms with Crippen LogP contribution in [-0.2, 0) is 6.18 Å². The van der Waals surface area contributed by atoms with E-state index in [4.69, 9.17) is 5.11 Å². The van der Waals surface area contributed by atoms with Crippen LogP contribution < -0.4 is 5.32 Å². The number of halogens is 4. The third kappa shape index (κ3) is 3.38. The first kappa shape index (κ1) is 14.8. The van der Waals surface area contributed by atoms with Gasteiger partial charge >= 0.3 is 12.3 Å². The molecule has 1 aromatic carbocycles. The average molecular weight is 326 g/mol. The van der Waals surface area contributed by atoms with Gasteiger partial charge in [0.25, 0.3) is 0 Å². The van der Waals surface area contributed by atoms with Gasteiger partial charge in [0.2, 0.25) is 0 Å². The van der Waals surface area contributed by atoms with Crippen LogP contribution in [0.4, 0.5) is 18.0 Å². The summed E-state index contributed by atoms with van der Waals surface area (Å²) in [5, 5.41) is 10.7. The maximum atomic E-state index is 12.8. The second kappa shape index (κ2) is 5.17. The molecule has 1 atom stereocenters. The Morgan fingerprint density at radius 3 is 2.44 bits per heavy atom. The molecule has 0 saturated carbocycles. The lowest BCUT2D eigenvalue weighted by molar-refractivity contribution is -0.138. The van der Waals surface area contributed by atoms with Gasteiger partial charge in [-0.1, -0.05) is 15.9 Å². The highest BCUT2D eigenvalue weighted by molar-refractivity contribution is 9.10.